The third-order valence-corrected chi connectivity index (χ3v) is 1.62. The number of halogens is 2. The Kier molecular flexibility index (Phi) is 2.85. The largest absolute Gasteiger partial charge is 0.478 e. The van der Waals surface area contributed by atoms with Crippen LogP contribution in [0.5, 0.6) is 0 Å². The highest BCUT2D eigenvalue weighted by atomic mass is 19.1. The smallest absolute Gasteiger partial charge is 0.335 e. The Hall–Kier alpha value is -1.85. The molecule has 0 bridgehead atoms. The summed E-state index contributed by atoms with van der Waals surface area (Å²) in [4.78, 5) is 20.5. The van der Waals surface area contributed by atoms with Gasteiger partial charge >= 0.3 is 5.97 Å². The summed E-state index contributed by atoms with van der Waals surface area (Å²) in [6.07, 6.45) is 0. The Balaban J connectivity index is 3.39. The molecule has 0 spiro atoms. The Morgan fingerprint density at radius 1 is 1.50 bits per heavy atom. The quantitative estimate of drug-likeness (QED) is 0.763. The second kappa shape index (κ2) is 3.91. The SMILES string of the molecule is O=Nc1cc(C(=O)O)cc(CF)c1F. The highest BCUT2D eigenvalue weighted by Gasteiger charge is 2.14. The molecule has 0 atom stereocenters. The molecule has 0 aliphatic heterocycles. The van der Waals surface area contributed by atoms with Gasteiger partial charge < -0.3 is 5.11 Å². The van der Waals surface area contributed by atoms with Crippen molar-refractivity contribution in [2.45, 2.75) is 6.67 Å². The van der Waals surface area contributed by atoms with E-state index in [1.165, 1.54) is 0 Å². The van der Waals surface area contributed by atoms with Crippen LogP contribution in [-0.4, -0.2) is 11.1 Å². The fourth-order valence-electron chi connectivity index (χ4n) is 0.955. The van der Waals surface area contributed by atoms with E-state index in [1.807, 2.05) is 0 Å². The molecular weight excluding hydrogens is 196 g/mol. The van der Waals surface area contributed by atoms with Crippen molar-refractivity contribution in [3.8, 4) is 0 Å². The zero-order chi connectivity index (χ0) is 10.7. The first-order chi connectivity index (χ1) is 6.60. The van der Waals surface area contributed by atoms with Gasteiger partial charge in [-0.3, -0.25) is 0 Å². The van der Waals surface area contributed by atoms with E-state index in [4.69, 9.17) is 5.11 Å². The molecule has 74 valence electrons. The van der Waals surface area contributed by atoms with Gasteiger partial charge in [-0.25, -0.2) is 13.6 Å². The first-order valence-corrected chi connectivity index (χ1v) is 3.55. The van der Waals surface area contributed by atoms with Gasteiger partial charge in [-0.1, -0.05) is 0 Å². The van der Waals surface area contributed by atoms with Crippen molar-refractivity contribution >= 4 is 11.7 Å². The summed E-state index contributed by atoms with van der Waals surface area (Å²) in [5.41, 5.74) is -1.55. The van der Waals surface area contributed by atoms with Gasteiger partial charge in [0.15, 0.2) is 5.82 Å². The van der Waals surface area contributed by atoms with Crippen molar-refractivity contribution in [1.82, 2.24) is 0 Å². The van der Waals surface area contributed by atoms with Gasteiger partial charge in [-0.2, -0.15) is 0 Å². The number of aromatic carboxylic acids is 1. The molecular formula is C8H5F2NO3. The van der Waals surface area contributed by atoms with Crippen LogP contribution in [0.25, 0.3) is 0 Å². The van der Waals surface area contributed by atoms with Crippen LogP contribution in [0.1, 0.15) is 15.9 Å². The van der Waals surface area contributed by atoms with E-state index in [0.29, 0.717) is 0 Å². The number of carboxylic acid groups (broad SMARTS) is 1. The van der Waals surface area contributed by atoms with E-state index in [9.17, 15) is 18.5 Å². The highest BCUT2D eigenvalue weighted by molar-refractivity contribution is 5.89. The number of rotatable bonds is 3. The van der Waals surface area contributed by atoms with Crippen molar-refractivity contribution in [3.63, 3.8) is 0 Å². The van der Waals surface area contributed by atoms with Crippen molar-refractivity contribution < 1.29 is 18.7 Å². The van der Waals surface area contributed by atoms with Gasteiger partial charge in [0.1, 0.15) is 12.4 Å². The standard InChI is InChI=1S/C8H5F2NO3/c9-3-5-1-4(8(12)13)2-6(11-14)7(5)10/h1-2H,3H2,(H,12,13). The van der Waals surface area contributed by atoms with E-state index in [1.54, 1.807) is 0 Å². The molecule has 1 N–H and O–H groups in total. The van der Waals surface area contributed by atoms with Crippen molar-refractivity contribution in [2.24, 2.45) is 5.18 Å². The first-order valence-electron chi connectivity index (χ1n) is 3.55. The Morgan fingerprint density at radius 2 is 2.14 bits per heavy atom. The highest BCUT2D eigenvalue weighted by Crippen LogP contribution is 2.24. The van der Waals surface area contributed by atoms with E-state index < -0.39 is 29.7 Å². The molecule has 14 heavy (non-hydrogen) atoms. The van der Waals surface area contributed by atoms with E-state index in [0.717, 1.165) is 12.1 Å². The number of hydrogen-bond acceptors (Lipinski definition) is 3. The molecule has 0 fully saturated rings. The lowest BCUT2D eigenvalue weighted by atomic mass is 10.1. The second-order valence-electron chi connectivity index (χ2n) is 2.50. The van der Waals surface area contributed by atoms with Crippen LogP contribution in [0, 0.1) is 10.7 Å². The maximum Gasteiger partial charge on any atom is 0.335 e. The van der Waals surface area contributed by atoms with Crippen LogP contribution >= 0.6 is 0 Å². The third-order valence-electron chi connectivity index (χ3n) is 1.62. The van der Waals surface area contributed by atoms with Crippen LogP contribution in [0.3, 0.4) is 0 Å². The maximum absolute atomic E-state index is 13.0. The summed E-state index contributed by atoms with van der Waals surface area (Å²) in [5, 5.41) is 10.8. The number of hydrogen-bond donors (Lipinski definition) is 1. The first kappa shape index (κ1) is 10.2. The fraction of sp³-hybridized carbons (Fsp3) is 0.125. The van der Waals surface area contributed by atoms with Gasteiger partial charge in [0.05, 0.1) is 5.56 Å². The molecule has 0 aliphatic rings. The zero-order valence-electron chi connectivity index (χ0n) is 6.83. The van der Waals surface area contributed by atoms with Crippen LogP contribution in [0.2, 0.25) is 0 Å². The van der Waals surface area contributed by atoms with E-state index in [-0.39, 0.29) is 5.56 Å². The zero-order valence-corrected chi connectivity index (χ0v) is 6.83. The lowest BCUT2D eigenvalue weighted by Crippen LogP contribution is -1.99. The molecule has 4 nitrogen and oxygen atoms in total. The molecule has 0 radical (unpaired) electrons. The normalized spacial score (nSPS) is 9.86. The van der Waals surface area contributed by atoms with Crippen LogP contribution in [0.4, 0.5) is 14.5 Å². The molecule has 0 heterocycles. The molecule has 1 aromatic rings. The summed E-state index contributed by atoms with van der Waals surface area (Å²) < 4.78 is 25.2. The topological polar surface area (TPSA) is 66.7 Å². The predicted molar refractivity (Wildman–Crippen MR) is 43.6 cm³/mol. The summed E-state index contributed by atoms with van der Waals surface area (Å²) in [6.45, 7) is -1.19. The second-order valence-corrected chi connectivity index (χ2v) is 2.50. The molecule has 0 amide bonds. The number of carboxylic acids is 1. The van der Waals surface area contributed by atoms with Crippen molar-refractivity contribution in [2.75, 3.05) is 0 Å². The van der Waals surface area contributed by atoms with Gasteiger partial charge in [-0.05, 0) is 17.3 Å². The number of nitroso groups, excluding NO2 is 1. The minimum absolute atomic E-state index is 0.367. The number of carbonyl (C=O) groups is 1. The Bertz CT molecular complexity index is 392. The molecule has 0 unspecified atom stereocenters. The molecule has 6 heteroatoms. The van der Waals surface area contributed by atoms with Gasteiger partial charge in [0.25, 0.3) is 0 Å². The van der Waals surface area contributed by atoms with Gasteiger partial charge in [0, 0.05) is 5.56 Å². The minimum atomic E-state index is -1.37. The summed E-state index contributed by atoms with van der Waals surface area (Å²) in [6, 6.07) is 1.58. The minimum Gasteiger partial charge on any atom is -0.478 e. The van der Waals surface area contributed by atoms with Crippen molar-refractivity contribution in [1.29, 1.82) is 0 Å². The number of alkyl halides is 1. The lowest BCUT2D eigenvalue weighted by Gasteiger charge is -2.01. The molecule has 1 rings (SSSR count). The Labute approximate surface area is 77.1 Å². The number of benzene rings is 1. The summed E-state index contributed by atoms with van der Waals surface area (Å²) >= 11 is 0. The predicted octanol–water partition coefficient (Wildman–Crippen LogP) is 2.39. The number of nitrogens with zero attached hydrogens (tertiary/aromatic N) is 1. The molecule has 0 aliphatic carbocycles. The van der Waals surface area contributed by atoms with E-state index >= 15 is 0 Å². The van der Waals surface area contributed by atoms with Crippen LogP contribution < -0.4 is 0 Å². The molecule has 1 aromatic carbocycles. The van der Waals surface area contributed by atoms with Gasteiger partial charge in [-0.15, -0.1) is 4.91 Å². The average Bonchev–Trinajstić information content (AvgIpc) is 2.17. The lowest BCUT2D eigenvalue weighted by molar-refractivity contribution is 0.0696. The summed E-state index contributed by atoms with van der Waals surface area (Å²) in [5.74, 6) is -2.49. The monoisotopic (exact) mass is 201 g/mol. The van der Waals surface area contributed by atoms with E-state index in [2.05, 4.69) is 5.18 Å². The maximum atomic E-state index is 13.0. The molecule has 0 aromatic heterocycles. The van der Waals surface area contributed by atoms with Crippen LogP contribution in [0.15, 0.2) is 17.3 Å². The van der Waals surface area contributed by atoms with Crippen LogP contribution in [-0.2, 0) is 6.67 Å². The molecule has 0 saturated carbocycles. The third kappa shape index (κ3) is 1.73. The van der Waals surface area contributed by atoms with Gasteiger partial charge in [0.2, 0.25) is 0 Å². The van der Waals surface area contributed by atoms with Crippen molar-refractivity contribution in [3.05, 3.63) is 34.0 Å². The average molecular weight is 201 g/mol. The Morgan fingerprint density at radius 3 is 2.57 bits per heavy atom. The fourth-order valence-corrected chi connectivity index (χ4v) is 0.955. The summed E-state index contributed by atoms with van der Waals surface area (Å²) in [7, 11) is 0. The molecule has 0 saturated heterocycles.